The van der Waals surface area contributed by atoms with E-state index in [9.17, 15) is 9.59 Å². The topological polar surface area (TPSA) is 58.2 Å². The summed E-state index contributed by atoms with van der Waals surface area (Å²) in [5.41, 5.74) is -0.295. The Morgan fingerprint density at radius 1 is 1.10 bits per heavy atom. The molecule has 4 nitrogen and oxygen atoms in total. The zero-order valence-corrected chi connectivity index (χ0v) is 16.3. The summed E-state index contributed by atoms with van der Waals surface area (Å²) in [6.45, 7) is 15.0. The van der Waals surface area contributed by atoms with Crippen LogP contribution in [0.15, 0.2) is 12.7 Å². The van der Waals surface area contributed by atoms with E-state index in [1.807, 2.05) is 41.5 Å². The minimum Gasteiger partial charge on any atom is -0.351 e. The maximum absolute atomic E-state index is 11.2. The average molecular weight is 414 g/mol. The first-order chi connectivity index (χ1) is 8.82. The number of rotatable bonds is 3. The van der Waals surface area contributed by atoms with Gasteiger partial charge in [-0.05, 0) is 47.6 Å². The number of alkyl halides is 2. The maximum Gasteiger partial charge on any atom is 0.243 e. The van der Waals surface area contributed by atoms with Crippen LogP contribution in [0.1, 0.15) is 41.5 Å². The monoisotopic (exact) mass is 412 g/mol. The third-order valence-corrected chi connectivity index (χ3v) is 3.86. The van der Waals surface area contributed by atoms with Crippen LogP contribution in [-0.2, 0) is 9.59 Å². The van der Waals surface area contributed by atoms with Crippen LogP contribution in [0.4, 0.5) is 0 Å². The Morgan fingerprint density at radius 2 is 1.50 bits per heavy atom. The molecule has 2 amide bonds. The van der Waals surface area contributed by atoms with Crippen molar-refractivity contribution in [3.63, 3.8) is 0 Å². The number of halogens is 2. The highest BCUT2D eigenvalue weighted by atomic mass is 79.9. The first-order valence-corrected chi connectivity index (χ1v) is 8.32. The van der Waals surface area contributed by atoms with Crippen molar-refractivity contribution in [1.82, 2.24) is 10.6 Å². The Balaban J connectivity index is 0. The van der Waals surface area contributed by atoms with Gasteiger partial charge in [0.15, 0.2) is 0 Å². The van der Waals surface area contributed by atoms with Crippen molar-refractivity contribution >= 4 is 43.7 Å². The van der Waals surface area contributed by atoms with Gasteiger partial charge in [0.2, 0.25) is 11.8 Å². The third kappa shape index (κ3) is 15.7. The van der Waals surface area contributed by atoms with Gasteiger partial charge in [-0.3, -0.25) is 9.59 Å². The van der Waals surface area contributed by atoms with Crippen molar-refractivity contribution < 1.29 is 9.59 Å². The number of carbonyl (C=O) groups excluding carboxylic acids is 2. The lowest BCUT2D eigenvalue weighted by Gasteiger charge is -2.21. The van der Waals surface area contributed by atoms with E-state index in [0.717, 1.165) is 0 Å². The van der Waals surface area contributed by atoms with Crippen molar-refractivity contribution in [3.8, 4) is 0 Å². The van der Waals surface area contributed by atoms with Crippen LogP contribution in [0.2, 0.25) is 0 Å². The lowest BCUT2D eigenvalue weighted by Crippen LogP contribution is -2.44. The molecule has 0 bridgehead atoms. The van der Waals surface area contributed by atoms with Gasteiger partial charge in [-0.1, -0.05) is 38.4 Å². The number of nitrogens with one attached hydrogen (secondary N) is 2. The smallest absolute Gasteiger partial charge is 0.243 e. The van der Waals surface area contributed by atoms with Crippen LogP contribution in [-0.4, -0.2) is 33.0 Å². The third-order valence-electron chi connectivity index (χ3n) is 1.60. The standard InChI is InChI=1S/C7H13Br2NO.C7H13NO/c1-7(2,3)10-6(11)5(9)4-8;1-5-6(9)8-7(2,3)4/h5H,4H2,1-3H3,(H,10,11);5H,1H2,2-4H3,(H,8,9). The van der Waals surface area contributed by atoms with Crippen LogP contribution < -0.4 is 10.6 Å². The molecule has 0 fully saturated rings. The van der Waals surface area contributed by atoms with Gasteiger partial charge in [0.25, 0.3) is 0 Å². The lowest BCUT2D eigenvalue weighted by atomic mass is 10.1. The average Bonchev–Trinajstić information content (AvgIpc) is 2.24. The molecule has 0 rings (SSSR count). The number of amides is 2. The zero-order valence-electron chi connectivity index (χ0n) is 13.1. The van der Waals surface area contributed by atoms with Gasteiger partial charge in [0, 0.05) is 16.4 Å². The summed E-state index contributed by atoms with van der Waals surface area (Å²) in [5, 5.41) is 6.20. The van der Waals surface area contributed by atoms with E-state index >= 15 is 0 Å². The highest BCUT2D eigenvalue weighted by molar-refractivity contribution is 9.12. The lowest BCUT2D eigenvalue weighted by molar-refractivity contribution is -0.121. The first kappa shape index (κ1) is 21.9. The second-order valence-electron chi connectivity index (χ2n) is 6.30. The fourth-order valence-electron chi connectivity index (χ4n) is 0.939. The molecule has 6 heteroatoms. The summed E-state index contributed by atoms with van der Waals surface area (Å²) in [6, 6.07) is 0. The van der Waals surface area contributed by atoms with Gasteiger partial charge in [0.1, 0.15) is 4.83 Å². The Bertz CT molecular complexity index is 331. The van der Waals surface area contributed by atoms with E-state index < -0.39 is 0 Å². The van der Waals surface area contributed by atoms with Gasteiger partial charge in [-0.15, -0.1) is 0 Å². The fraction of sp³-hybridized carbons (Fsp3) is 0.714. The molecule has 0 aliphatic heterocycles. The molecule has 0 aromatic carbocycles. The number of carbonyl (C=O) groups is 2. The molecule has 0 aromatic heterocycles. The van der Waals surface area contributed by atoms with Crippen molar-refractivity contribution in [3.05, 3.63) is 12.7 Å². The molecule has 1 atom stereocenters. The van der Waals surface area contributed by atoms with Gasteiger partial charge in [-0.2, -0.15) is 0 Å². The molecule has 118 valence electrons. The molecule has 0 aliphatic rings. The van der Waals surface area contributed by atoms with Crippen LogP contribution in [0, 0.1) is 0 Å². The van der Waals surface area contributed by atoms with E-state index in [1.54, 1.807) is 0 Å². The van der Waals surface area contributed by atoms with Crippen molar-refractivity contribution in [2.75, 3.05) is 5.33 Å². The molecule has 0 heterocycles. The van der Waals surface area contributed by atoms with Crippen LogP contribution in [0.5, 0.6) is 0 Å². The summed E-state index contributed by atoms with van der Waals surface area (Å²) in [5.74, 6) is -0.100. The second kappa shape index (κ2) is 9.55. The summed E-state index contributed by atoms with van der Waals surface area (Å²) in [7, 11) is 0. The van der Waals surface area contributed by atoms with Crippen molar-refractivity contribution in [2.45, 2.75) is 57.4 Å². The largest absolute Gasteiger partial charge is 0.351 e. The molecule has 0 aromatic rings. The molecule has 0 radical (unpaired) electrons. The molecule has 0 spiro atoms. The van der Waals surface area contributed by atoms with Crippen molar-refractivity contribution in [1.29, 1.82) is 0 Å². The van der Waals surface area contributed by atoms with E-state index in [-0.39, 0.29) is 27.7 Å². The molecular formula is C14H26Br2N2O2. The Labute approximate surface area is 139 Å². The Hall–Kier alpha value is -0.360. The van der Waals surface area contributed by atoms with Gasteiger partial charge >= 0.3 is 0 Å². The highest BCUT2D eigenvalue weighted by Crippen LogP contribution is 2.06. The SMILES string of the molecule is C=CC(=O)NC(C)(C)C.CC(C)(C)NC(=O)C(Br)CBr. The van der Waals surface area contributed by atoms with Crippen molar-refractivity contribution in [2.24, 2.45) is 0 Å². The summed E-state index contributed by atoms with van der Waals surface area (Å²) in [4.78, 5) is 21.7. The quantitative estimate of drug-likeness (QED) is 0.551. The van der Waals surface area contributed by atoms with Crippen LogP contribution >= 0.6 is 31.9 Å². The summed E-state index contributed by atoms with van der Waals surface area (Å²) in [6.07, 6.45) is 1.27. The minimum atomic E-state index is -0.148. The normalized spacial score (nSPS) is 12.6. The first-order valence-electron chi connectivity index (χ1n) is 6.29. The molecular weight excluding hydrogens is 388 g/mol. The summed E-state index contributed by atoms with van der Waals surface area (Å²) >= 11 is 6.45. The molecule has 0 saturated carbocycles. The Kier molecular flexibility index (Phi) is 10.5. The van der Waals surface area contributed by atoms with Gasteiger partial charge in [-0.25, -0.2) is 0 Å². The number of hydrogen-bond donors (Lipinski definition) is 2. The Morgan fingerprint density at radius 3 is 1.70 bits per heavy atom. The molecule has 20 heavy (non-hydrogen) atoms. The van der Waals surface area contributed by atoms with E-state index in [0.29, 0.717) is 5.33 Å². The fourth-order valence-corrected chi connectivity index (χ4v) is 1.35. The minimum absolute atomic E-state index is 0.0226. The second-order valence-corrected chi connectivity index (χ2v) is 8.06. The van der Waals surface area contributed by atoms with E-state index in [1.165, 1.54) is 6.08 Å². The zero-order chi connectivity index (χ0) is 16.6. The van der Waals surface area contributed by atoms with Crippen LogP contribution in [0.3, 0.4) is 0 Å². The molecule has 2 N–H and O–H groups in total. The molecule has 1 unspecified atom stereocenters. The van der Waals surface area contributed by atoms with E-state index in [4.69, 9.17) is 0 Å². The van der Waals surface area contributed by atoms with Gasteiger partial charge in [0.05, 0.1) is 0 Å². The van der Waals surface area contributed by atoms with Gasteiger partial charge < -0.3 is 10.6 Å². The molecule has 0 aliphatic carbocycles. The predicted molar refractivity (Wildman–Crippen MR) is 92.5 cm³/mol. The van der Waals surface area contributed by atoms with E-state index in [2.05, 4.69) is 49.1 Å². The predicted octanol–water partition coefficient (Wildman–Crippen LogP) is 3.15. The summed E-state index contributed by atoms with van der Waals surface area (Å²) < 4.78 is 0. The number of hydrogen-bond acceptors (Lipinski definition) is 2. The van der Waals surface area contributed by atoms with Crippen LogP contribution in [0.25, 0.3) is 0 Å². The highest BCUT2D eigenvalue weighted by Gasteiger charge is 2.19. The maximum atomic E-state index is 11.2. The molecule has 0 saturated heterocycles.